The molecule has 0 aliphatic heterocycles. The Morgan fingerprint density at radius 1 is 1.69 bits per heavy atom. The summed E-state index contributed by atoms with van der Waals surface area (Å²) in [5.74, 6) is 0. The van der Waals surface area contributed by atoms with Crippen molar-refractivity contribution in [2.45, 2.75) is 25.8 Å². The van der Waals surface area contributed by atoms with Crippen LogP contribution in [-0.2, 0) is 0 Å². The molecular formula is C10H14BrNS. The number of halogens is 1. The predicted octanol–water partition coefficient (Wildman–Crippen LogP) is 3.87. The van der Waals surface area contributed by atoms with Gasteiger partial charge in [-0.1, -0.05) is 5.57 Å². The first-order valence-corrected chi connectivity index (χ1v) is 5.85. The number of hydrogen-bond acceptors (Lipinski definition) is 2. The van der Waals surface area contributed by atoms with Crippen molar-refractivity contribution in [2.75, 3.05) is 0 Å². The Hall–Kier alpha value is -0.120. The lowest BCUT2D eigenvalue weighted by Crippen LogP contribution is -2.08. The molecule has 0 bridgehead atoms. The lowest BCUT2D eigenvalue weighted by molar-refractivity contribution is 0.659. The molecule has 1 atom stereocenters. The minimum Gasteiger partial charge on any atom is -0.323 e. The van der Waals surface area contributed by atoms with Crippen LogP contribution in [0.5, 0.6) is 0 Å². The fourth-order valence-corrected chi connectivity index (χ4v) is 2.53. The van der Waals surface area contributed by atoms with E-state index in [1.54, 1.807) is 11.3 Å². The van der Waals surface area contributed by atoms with Crippen molar-refractivity contribution in [3.05, 3.63) is 32.9 Å². The highest BCUT2D eigenvalue weighted by atomic mass is 79.9. The molecular weight excluding hydrogens is 246 g/mol. The van der Waals surface area contributed by atoms with Gasteiger partial charge in [0.25, 0.3) is 0 Å². The molecule has 0 aliphatic carbocycles. The van der Waals surface area contributed by atoms with Gasteiger partial charge in [0.2, 0.25) is 0 Å². The average molecular weight is 260 g/mol. The smallest absolute Gasteiger partial charge is 0.0701 e. The molecule has 3 heteroatoms. The summed E-state index contributed by atoms with van der Waals surface area (Å²) < 4.78 is 1.15. The maximum atomic E-state index is 6.01. The maximum Gasteiger partial charge on any atom is 0.0701 e. The van der Waals surface area contributed by atoms with Crippen molar-refractivity contribution in [2.24, 2.45) is 5.73 Å². The number of rotatable bonds is 4. The summed E-state index contributed by atoms with van der Waals surface area (Å²) in [7, 11) is 0. The molecule has 13 heavy (non-hydrogen) atoms. The van der Waals surface area contributed by atoms with E-state index in [0.717, 1.165) is 16.6 Å². The van der Waals surface area contributed by atoms with Crippen LogP contribution in [0.1, 0.15) is 30.7 Å². The minimum atomic E-state index is 0.160. The topological polar surface area (TPSA) is 26.0 Å². The highest BCUT2D eigenvalue weighted by molar-refractivity contribution is 9.11. The molecule has 1 rings (SSSR count). The molecule has 0 aliphatic rings. The first kappa shape index (κ1) is 11.0. The van der Waals surface area contributed by atoms with E-state index in [2.05, 4.69) is 28.6 Å². The lowest BCUT2D eigenvalue weighted by Gasteiger charge is -2.08. The Balaban J connectivity index is 2.48. The molecule has 0 fully saturated rings. The normalized spacial score (nSPS) is 12.8. The Morgan fingerprint density at radius 3 is 2.85 bits per heavy atom. The van der Waals surface area contributed by atoms with Gasteiger partial charge >= 0.3 is 0 Å². The van der Waals surface area contributed by atoms with E-state index in [4.69, 9.17) is 5.73 Å². The van der Waals surface area contributed by atoms with Crippen LogP contribution < -0.4 is 5.73 Å². The maximum absolute atomic E-state index is 6.01. The van der Waals surface area contributed by atoms with E-state index in [0.29, 0.717) is 0 Å². The van der Waals surface area contributed by atoms with Gasteiger partial charge in [-0.15, -0.1) is 17.9 Å². The van der Waals surface area contributed by atoms with E-state index < -0.39 is 0 Å². The van der Waals surface area contributed by atoms with Gasteiger partial charge in [0.05, 0.1) is 3.79 Å². The molecule has 1 aromatic rings. The third kappa shape index (κ3) is 3.63. The van der Waals surface area contributed by atoms with E-state index in [-0.39, 0.29) is 6.04 Å². The van der Waals surface area contributed by atoms with Crippen LogP contribution in [0.3, 0.4) is 0 Å². The highest BCUT2D eigenvalue weighted by Crippen LogP contribution is 2.28. The van der Waals surface area contributed by atoms with E-state index >= 15 is 0 Å². The lowest BCUT2D eigenvalue weighted by atomic mass is 10.1. The van der Waals surface area contributed by atoms with Crippen LogP contribution in [0.2, 0.25) is 0 Å². The standard InChI is InChI=1S/C10H14BrNS/c1-7(2)3-4-8(12)9-5-6-10(11)13-9/h5-6,8H,1,3-4,12H2,2H3. The summed E-state index contributed by atoms with van der Waals surface area (Å²) in [5.41, 5.74) is 7.21. The summed E-state index contributed by atoms with van der Waals surface area (Å²) in [4.78, 5) is 1.24. The molecule has 2 N–H and O–H groups in total. The van der Waals surface area contributed by atoms with Crippen LogP contribution >= 0.6 is 27.3 Å². The summed E-state index contributed by atoms with van der Waals surface area (Å²) in [5, 5.41) is 0. The van der Waals surface area contributed by atoms with Crippen molar-refractivity contribution >= 4 is 27.3 Å². The molecule has 0 radical (unpaired) electrons. The van der Waals surface area contributed by atoms with Gasteiger partial charge in [-0.25, -0.2) is 0 Å². The molecule has 0 saturated heterocycles. The van der Waals surface area contributed by atoms with Crippen molar-refractivity contribution < 1.29 is 0 Å². The number of hydrogen-bond donors (Lipinski definition) is 1. The molecule has 1 heterocycles. The number of allylic oxidation sites excluding steroid dienone is 1. The van der Waals surface area contributed by atoms with E-state index in [9.17, 15) is 0 Å². The van der Waals surface area contributed by atoms with Gasteiger partial charge in [-0.2, -0.15) is 0 Å². The fraction of sp³-hybridized carbons (Fsp3) is 0.400. The van der Waals surface area contributed by atoms with Gasteiger partial charge in [0.1, 0.15) is 0 Å². The fourth-order valence-electron chi connectivity index (χ4n) is 1.07. The SMILES string of the molecule is C=C(C)CCC(N)c1ccc(Br)s1. The second kappa shape index (κ2) is 4.94. The predicted molar refractivity (Wildman–Crippen MR) is 63.0 cm³/mol. The van der Waals surface area contributed by atoms with Crippen molar-refractivity contribution in [1.29, 1.82) is 0 Å². The van der Waals surface area contributed by atoms with Crippen molar-refractivity contribution in [3.8, 4) is 0 Å². The third-order valence-corrected chi connectivity index (χ3v) is 3.60. The van der Waals surface area contributed by atoms with Crippen LogP contribution in [0.4, 0.5) is 0 Å². The molecule has 72 valence electrons. The first-order chi connectivity index (χ1) is 6.09. The molecule has 1 aromatic heterocycles. The van der Waals surface area contributed by atoms with Gasteiger partial charge in [0, 0.05) is 10.9 Å². The van der Waals surface area contributed by atoms with Gasteiger partial charge in [-0.3, -0.25) is 0 Å². The van der Waals surface area contributed by atoms with Gasteiger partial charge in [-0.05, 0) is 47.8 Å². The zero-order chi connectivity index (χ0) is 9.84. The second-order valence-corrected chi connectivity index (χ2v) is 5.74. The zero-order valence-corrected chi connectivity index (χ0v) is 10.1. The summed E-state index contributed by atoms with van der Waals surface area (Å²) >= 11 is 5.14. The Bertz CT molecular complexity index is 293. The van der Waals surface area contributed by atoms with Crippen molar-refractivity contribution in [3.63, 3.8) is 0 Å². The molecule has 0 spiro atoms. The Morgan fingerprint density at radius 2 is 2.38 bits per heavy atom. The van der Waals surface area contributed by atoms with Crippen LogP contribution in [0.15, 0.2) is 28.1 Å². The van der Waals surface area contributed by atoms with Gasteiger partial charge in [0.15, 0.2) is 0 Å². The van der Waals surface area contributed by atoms with Crippen LogP contribution in [-0.4, -0.2) is 0 Å². The number of thiophene rings is 1. The Kier molecular flexibility index (Phi) is 4.16. The molecule has 0 aromatic carbocycles. The largest absolute Gasteiger partial charge is 0.323 e. The molecule has 0 amide bonds. The monoisotopic (exact) mass is 259 g/mol. The van der Waals surface area contributed by atoms with Crippen LogP contribution in [0.25, 0.3) is 0 Å². The molecule has 1 unspecified atom stereocenters. The summed E-state index contributed by atoms with van der Waals surface area (Å²) in [6, 6.07) is 4.28. The zero-order valence-electron chi connectivity index (χ0n) is 7.72. The quantitative estimate of drug-likeness (QED) is 0.817. The molecule has 1 nitrogen and oxygen atoms in total. The van der Waals surface area contributed by atoms with E-state index in [1.165, 1.54) is 10.5 Å². The van der Waals surface area contributed by atoms with E-state index in [1.807, 2.05) is 13.0 Å². The van der Waals surface area contributed by atoms with Crippen molar-refractivity contribution in [1.82, 2.24) is 0 Å². The number of nitrogens with two attached hydrogens (primary N) is 1. The second-order valence-electron chi connectivity index (χ2n) is 3.24. The summed E-state index contributed by atoms with van der Waals surface area (Å²) in [6.07, 6.45) is 2.00. The third-order valence-electron chi connectivity index (χ3n) is 1.84. The molecule has 0 saturated carbocycles. The van der Waals surface area contributed by atoms with Gasteiger partial charge < -0.3 is 5.73 Å². The van der Waals surface area contributed by atoms with Crippen LogP contribution in [0, 0.1) is 0 Å². The highest BCUT2D eigenvalue weighted by Gasteiger charge is 2.07. The average Bonchev–Trinajstić information content (AvgIpc) is 2.47. The summed E-state index contributed by atoms with van der Waals surface area (Å²) in [6.45, 7) is 5.90. The Labute approximate surface area is 91.8 Å². The first-order valence-electron chi connectivity index (χ1n) is 4.25. The minimum absolute atomic E-state index is 0.160.